The summed E-state index contributed by atoms with van der Waals surface area (Å²) < 4.78 is 20.2. The fraction of sp³-hybridized carbons (Fsp3) is 0.0857. The van der Waals surface area contributed by atoms with Gasteiger partial charge in [-0.1, -0.05) is 97.1 Å². The van der Waals surface area contributed by atoms with Crippen molar-refractivity contribution in [3.63, 3.8) is 0 Å². The van der Waals surface area contributed by atoms with E-state index in [1.54, 1.807) is 0 Å². The molecule has 7 heteroatoms. The Bertz CT molecular complexity index is 1780. The Balaban J connectivity index is 1.50. The molecule has 0 amide bonds. The number of nitrogens with zero attached hydrogens (tertiary/aromatic N) is 4. The van der Waals surface area contributed by atoms with Gasteiger partial charge in [0.1, 0.15) is 5.84 Å². The van der Waals surface area contributed by atoms with Crippen molar-refractivity contribution in [2.24, 2.45) is 9.98 Å². The summed E-state index contributed by atoms with van der Waals surface area (Å²) in [5.41, 5.74) is 7.87. The molecule has 2 heterocycles. The predicted molar refractivity (Wildman–Crippen MR) is 173 cm³/mol. The second-order valence-corrected chi connectivity index (χ2v) is 12.8. The van der Waals surface area contributed by atoms with E-state index in [0.717, 1.165) is 45.0 Å². The van der Waals surface area contributed by atoms with Gasteiger partial charge in [0, 0.05) is 16.9 Å². The molecule has 206 valence electrons. The molecule has 0 fully saturated rings. The molecule has 7 rings (SSSR count). The standard InChI is InChI=1S/C35H30N5OP/c1-25-23-31-32(24-26(25)2)40(30-21-13-6-14-22-30)42(41,39(31)29-19-11-5-12-20-29)35-37-33(27-15-7-3-8-16-27)36-34(38-35)28-17-9-4-10-18-28/h3-24,33H,1-2H3,(H,36,37,38). The highest BCUT2D eigenvalue weighted by Gasteiger charge is 2.53. The summed E-state index contributed by atoms with van der Waals surface area (Å²) in [5, 5.41) is 3.47. The molecule has 0 bridgehead atoms. The van der Waals surface area contributed by atoms with E-state index in [-0.39, 0.29) is 0 Å². The monoisotopic (exact) mass is 567 g/mol. The summed E-state index contributed by atoms with van der Waals surface area (Å²) in [6.45, 7) is 4.19. The van der Waals surface area contributed by atoms with Gasteiger partial charge in [0.25, 0.3) is 0 Å². The van der Waals surface area contributed by atoms with E-state index in [0.29, 0.717) is 11.4 Å². The van der Waals surface area contributed by atoms with E-state index in [1.807, 2.05) is 131 Å². The molecule has 0 aromatic heterocycles. The number of para-hydroxylation sites is 2. The van der Waals surface area contributed by atoms with Crippen molar-refractivity contribution in [2.45, 2.75) is 20.0 Å². The number of aryl methyl sites for hydroxylation is 2. The molecule has 1 unspecified atom stereocenters. The van der Waals surface area contributed by atoms with Crippen molar-refractivity contribution >= 4 is 41.6 Å². The van der Waals surface area contributed by atoms with Gasteiger partial charge in [0.2, 0.25) is 5.58 Å². The molecule has 1 atom stereocenters. The maximum absolute atomic E-state index is 16.3. The summed E-state index contributed by atoms with van der Waals surface area (Å²) in [6, 6.07) is 44.1. The molecule has 0 radical (unpaired) electrons. The van der Waals surface area contributed by atoms with E-state index in [1.165, 1.54) is 0 Å². The molecular formula is C35H30N5OP. The van der Waals surface area contributed by atoms with Crippen molar-refractivity contribution in [3.05, 3.63) is 156 Å². The third-order valence-corrected chi connectivity index (χ3v) is 10.5. The number of hydrogen-bond acceptors (Lipinski definition) is 4. The number of fused-ring (bicyclic) bond motifs is 1. The van der Waals surface area contributed by atoms with Gasteiger partial charge >= 0.3 is 7.44 Å². The Hall–Kier alpha value is -4.93. The van der Waals surface area contributed by atoms with E-state index < -0.39 is 13.6 Å². The van der Waals surface area contributed by atoms with E-state index >= 15 is 4.57 Å². The summed E-state index contributed by atoms with van der Waals surface area (Å²) >= 11 is 0. The largest absolute Gasteiger partial charge is 0.336 e. The molecule has 42 heavy (non-hydrogen) atoms. The highest BCUT2D eigenvalue weighted by atomic mass is 31.2. The minimum absolute atomic E-state index is 0.379. The van der Waals surface area contributed by atoms with Crippen LogP contribution in [0.5, 0.6) is 0 Å². The molecule has 1 N–H and O–H groups in total. The van der Waals surface area contributed by atoms with Gasteiger partial charge in [0.05, 0.1) is 11.4 Å². The Kier molecular flexibility index (Phi) is 6.49. The van der Waals surface area contributed by atoms with Crippen LogP contribution in [0.2, 0.25) is 0 Å². The van der Waals surface area contributed by atoms with Crippen LogP contribution >= 0.6 is 7.44 Å². The summed E-state index contributed by atoms with van der Waals surface area (Å²) in [5.74, 6) is 0.633. The van der Waals surface area contributed by atoms with Gasteiger partial charge in [-0.25, -0.2) is 9.98 Å². The SMILES string of the molecule is Cc1cc2c(cc1C)N(c1ccccc1)P(=O)(C1=NC(c3ccccc3)N=C(c3ccccc3)N1)N2c1ccccc1. The lowest BCUT2D eigenvalue weighted by molar-refractivity contribution is 0.582. The maximum atomic E-state index is 16.3. The zero-order valence-corrected chi connectivity index (χ0v) is 24.3. The minimum Gasteiger partial charge on any atom is -0.319 e. The molecule has 5 aromatic carbocycles. The van der Waals surface area contributed by atoms with Crippen molar-refractivity contribution in [1.82, 2.24) is 5.32 Å². The van der Waals surface area contributed by atoms with Crippen LogP contribution in [0.3, 0.4) is 0 Å². The molecule has 0 aliphatic carbocycles. The van der Waals surface area contributed by atoms with Gasteiger partial charge in [-0.15, -0.1) is 0 Å². The molecule has 6 nitrogen and oxygen atoms in total. The quantitative estimate of drug-likeness (QED) is 0.216. The summed E-state index contributed by atoms with van der Waals surface area (Å²) in [4.78, 5) is 10.1. The van der Waals surface area contributed by atoms with Crippen LogP contribution in [0.4, 0.5) is 22.7 Å². The highest BCUT2D eigenvalue weighted by Crippen LogP contribution is 2.71. The Morgan fingerprint density at radius 3 is 1.57 bits per heavy atom. The number of aliphatic imine (C=N–C) groups is 2. The molecular weight excluding hydrogens is 537 g/mol. The summed E-state index contributed by atoms with van der Waals surface area (Å²) in [6.07, 6.45) is -0.564. The number of nitrogens with one attached hydrogen (secondary N) is 1. The van der Waals surface area contributed by atoms with Gasteiger partial charge in [-0.2, -0.15) is 0 Å². The lowest BCUT2D eigenvalue weighted by Crippen LogP contribution is -2.40. The fourth-order valence-corrected chi connectivity index (χ4v) is 8.39. The van der Waals surface area contributed by atoms with Gasteiger partial charge in [0.15, 0.2) is 6.17 Å². The third kappa shape index (κ3) is 4.32. The van der Waals surface area contributed by atoms with E-state index in [2.05, 4.69) is 31.3 Å². The van der Waals surface area contributed by atoms with Gasteiger partial charge in [-0.05, 0) is 66.9 Å². The van der Waals surface area contributed by atoms with Crippen molar-refractivity contribution in [3.8, 4) is 0 Å². The van der Waals surface area contributed by atoms with Crippen molar-refractivity contribution < 1.29 is 4.57 Å². The highest BCUT2D eigenvalue weighted by molar-refractivity contribution is 7.84. The van der Waals surface area contributed by atoms with Crippen LogP contribution in [0.25, 0.3) is 0 Å². The maximum Gasteiger partial charge on any atom is 0.336 e. The van der Waals surface area contributed by atoms with Crippen LogP contribution in [0.1, 0.15) is 28.4 Å². The minimum atomic E-state index is -3.72. The molecule has 0 spiro atoms. The average molecular weight is 568 g/mol. The first-order chi connectivity index (χ1) is 20.5. The van der Waals surface area contributed by atoms with Crippen molar-refractivity contribution in [2.75, 3.05) is 9.34 Å². The zero-order valence-electron chi connectivity index (χ0n) is 23.4. The van der Waals surface area contributed by atoms with Gasteiger partial charge < -0.3 is 5.32 Å². The third-order valence-electron chi connectivity index (χ3n) is 7.74. The number of hydrogen-bond donors (Lipinski definition) is 1. The lowest BCUT2D eigenvalue weighted by Gasteiger charge is -2.35. The molecule has 5 aromatic rings. The smallest absolute Gasteiger partial charge is 0.319 e. The molecule has 2 aliphatic rings. The first-order valence-corrected chi connectivity index (χ1v) is 15.6. The van der Waals surface area contributed by atoms with Crippen LogP contribution in [0, 0.1) is 13.8 Å². The topological polar surface area (TPSA) is 60.3 Å². The van der Waals surface area contributed by atoms with E-state index in [4.69, 9.17) is 9.98 Å². The first-order valence-electron chi connectivity index (χ1n) is 14.0. The molecule has 0 saturated carbocycles. The van der Waals surface area contributed by atoms with Gasteiger partial charge in [-0.3, -0.25) is 13.9 Å². The van der Waals surface area contributed by atoms with E-state index in [9.17, 15) is 0 Å². The normalized spacial score (nSPS) is 17.2. The number of anilines is 4. The van der Waals surface area contributed by atoms with Crippen LogP contribution in [0.15, 0.2) is 143 Å². The number of rotatable bonds is 5. The Morgan fingerprint density at radius 1 is 0.619 bits per heavy atom. The average Bonchev–Trinajstić information content (AvgIpc) is 3.30. The van der Waals surface area contributed by atoms with Crippen LogP contribution < -0.4 is 14.7 Å². The second-order valence-electron chi connectivity index (χ2n) is 10.5. The van der Waals surface area contributed by atoms with Crippen molar-refractivity contribution in [1.29, 1.82) is 0 Å². The lowest BCUT2D eigenvalue weighted by atomic mass is 10.1. The molecule has 2 aliphatic heterocycles. The zero-order chi connectivity index (χ0) is 28.7. The van der Waals surface area contributed by atoms with Crippen LogP contribution in [-0.4, -0.2) is 11.4 Å². The summed E-state index contributed by atoms with van der Waals surface area (Å²) in [7, 11) is -3.72. The Labute approximate surface area is 246 Å². The fourth-order valence-electron chi connectivity index (χ4n) is 5.53. The Morgan fingerprint density at radius 2 is 1.07 bits per heavy atom. The number of benzene rings is 5. The second kappa shape index (κ2) is 10.5. The first kappa shape index (κ1) is 26.0. The van der Waals surface area contributed by atoms with Crippen LogP contribution in [-0.2, 0) is 4.57 Å². The molecule has 0 saturated heterocycles. The number of amidine groups is 2. The predicted octanol–water partition coefficient (Wildman–Crippen LogP) is 8.89.